The van der Waals surface area contributed by atoms with Gasteiger partial charge in [-0.1, -0.05) is 60.7 Å². The molecule has 2 aromatic carbocycles. The summed E-state index contributed by atoms with van der Waals surface area (Å²) in [5.41, 5.74) is 1.96. The zero-order valence-electron chi connectivity index (χ0n) is 16.7. The highest BCUT2D eigenvalue weighted by atomic mass is 16.6. The number of carbonyl (C=O) groups is 2. The summed E-state index contributed by atoms with van der Waals surface area (Å²) in [6, 6.07) is 18.9. The molecular formula is C23H27NO5. The number of nitrogens with zero attached hydrogens (tertiary/aromatic N) is 1. The van der Waals surface area contributed by atoms with E-state index >= 15 is 0 Å². The van der Waals surface area contributed by atoms with E-state index in [1.54, 1.807) is 11.8 Å². The van der Waals surface area contributed by atoms with Crippen LogP contribution in [-0.2, 0) is 32.2 Å². The van der Waals surface area contributed by atoms with Crippen LogP contribution in [0.5, 0.6) is 0 Å². The quantitative estimate of drug-likeness (QED) is 0.632. The average Bonchev–Trinajstić information content (AvgIpc) is 3.14. The van der Waals surface area contributed by atoms with Gasteiger partial charge in [-0.25, -0.2) is 4.79 Å². The Morgan fingerprint density at radius 2 is 1.55 bits per heavy atom. The molecule has 1 amide bonds. The SMILES string of the molecule is CCOC(=O)C[C@@H]1[C@@H](OCc2ccccc2)CCN1C(=O)OCc1ccccc1. The Hall–Kier alpha value is -2.86. The number of benzene rings is 2. The lowest BCUT2D eigenvalue weighted by atomic mass is 10.1. The number of ether oxygens (including phenoxy) is 3. The van der Waals surface area contributed by atoms with E-state index in [4.69, 9.17) is 14.2 Å². The van der Waals surface area contributed by atoms with Gasteiger partial charge in [0.25, 0.3) is 0 Å². The summed E-state index contributed by atoms with van der Waals surface area (Å²) in [6.07, 6.45) is 0.0586. The molecule has 1 fully saturated rings. The topological polar surface area (TPSA) is 65.1 Å². The van der Waals surface area contributed by atoms with E-state index in [9.17, 15) is 9.59 Å². The fourth-order valence-electron chi connectivity index (χ4n) is 3.46. The Morgan fingerprint density at radius 1 is 0.931 bits per heavy atom. The summed E-state index contributed by atoms with van der Waals surface area (Å²) in [6.45, 7) is 3.17. The smallest absolute Gasteiger partial charge is 0.410 e. The van der Waals surface area contributed by atoms with E-state index in [0.29, 0.717) is 26.2 Å². The van der Waals surface area contributed by atoms with Crippen molar-refractivity contribution in [1.82, 2.24) is 4.90 Å². The van der Waals surface area contributed by atoms with Gasteiger partial charge in [-0.05, 0) is 24.5 Å². The van der Waals surface area contributed by atoms with Crippen molar-refractivity contribution in [3.8, 4) is 0 Å². The second-order valence-electron chi connectivity index (χ2n) is 6.93. The molecule has 1 saturated heterocycles. The lowest BCUT2D eigenvalue weighted by Crippen LogP contribution is -2.42. The maximum atomic E-state index is 12.7. The van der Waals surface area contributed by atoms with Crippen molar-refractivity contribution < 1.29 is 23.8 Å². The molecule has 2 atom stereocenters. The minimum absolute atomic E-state index is 0.0910. The number of hydrogen-bond acceptors (Lipinski definition) is 5. The first-order valence-electron chi connectivity index (χ1n) is 9.96. The molecule has 1 aliphatic heterocycles. The van der Waals surface area contributed by atoms with Crippen LogP contribution < -0.4 is 0 Å². The second-order valence-corrected chi connectivity index (χ2v) is 6.93. The predicted octanol–water partition coefficient (Wildman–Crippen LogP) is 3.94. The van der Waals surface area contributed by atoms with E-state index in [0.717, 1.165) is 11.1 Å². The van der Waals surface area contributed by atoms with Crippen LogP contribution in [0.1, 0.15) is 30.9 Å². The largest absolute Gasteiger partial charge is 0.466 e. The van der Waals surface area contributed by atoms with Crippen molar-refractivity contribution in [3.63, 3.8) is 0 Å². The maximum Gasteiger partial charge on any atom is 0.410 e. The number of rotatable bonds is 8. The van der Waals surface area contributed by atoms with Gasteiger partial charge < -0.3 is 19.1 Å². The zero-order chi connectivity index (χ0) is 20.5. The van der Waals surface area contributed by atoms with Gasteiger partial charge in [0.1, 0.15) is 6.61 Å². The lowest BCUT2D eigenvalue weighted by Gasteiger charge is -2.27. The third-order valence-electron chi connectivity index (χ3n) is 4.91. The molecule has 6 nitrogen and oxygen atoms in total. The molecule has 0 aromatic heterocycles. The average molecular weight is 397 g/mol. The Bertz CT molecular complexity index is 780. The summed E-state index contributed by atoms with van der Waals surface area (Å²) >= 11 is 0. The maximum absolute atomic E-state index is 12.7. The van der Waals surface area contributed by atoms with Crippen LogP contribution in [0.3, 0.4) is 0 Å². The van der Waals surface area contributed by atoms with Crippen molar-refractivity contribution in [2.24, 2.45) is 0 Å². The van der Waals surface area contributed by atoms with Gasteiger partial charge in [-0.3, -0.25) is 4.79 Å². The molecule has 0 saturated carbocycles. The van der Waals surface area contributed by atoms with E-state index in [2.05, 4.69) is 0 Å². The molecule has 29 heavy (non-hydrogen) atoms. The summed E-state index contributed by atoms with van der Waals surface area (Å²) in [5, 5.41) is 0. The van der Waals surface area contributed by atoms with Gasteiger partial charge in [0.05, 0.1) is 31.8 Å². The Kier molecular flexibility index (Phi) is 7.64. The van der Waals surface area contributed by atoms with Crippen LogP contribution in [0.2, 0.25) is 0 Å². The molecule has 2 aromatic rings. The van der Waals surface area contributed by atoms with Crippen molar-refractivity contribution in [2.45, 2.75) is 45.1 Å². The highest BCUT2D eigenvalue weighted by molar-refractivity contribution is 5.73. The van der Waals surface area contributed by atoms with E-state index in [-0.39, 0.29) is 25.1 Å². The molecule has 3 rings (SSSR count). The monoisotopic (exact) mass is 397 g/mol. The molecule has 0 radical (unpaired) electrons. The molecule has 0 unspecified atom stereocenters. The molecule has 0 spiro atoms. The number of carbonyl (C=O) groups excluding carboxylic acids is 2. The Labute approximate surface area is 171 Å². The van der Waals surface area contributed by atoms with Gasteiger partial charge >= 0.3 is 12.1 Å². The van der Waals surface area contributed by atoms with Crippen molar-refractivity contribution in [3.05, 3.63) is 71.8 Å². The van der Waals surface area contributed by atoms with Crippen LogP contribution >= 0.6 is 0 Å². The highest BCUT2D eigenvalue weighted by Crippen LogP contribution is 2.26. The first kappa shape index (κ1) is 20.9. The van der Waals surface area contributed by atoms with Gasteiger partial charge in [0, 0.05) is 6.54 Å². The Balaban J connectivity index is 1.62. The molecule has 0 aliphatic carbocycles. The molecule has 154 valence electrons. The minimum Gasteiger partial charge on any atom is -0.466 e. The summed E-state index contributed by atoms with van der Waals surface area (Å²) in [4.78, 5) is 26.4. The van der Waals surface area contributed by atoms with Crippen molar-refractivity contribution in [1.29, 1.82) is 0 Å². The Morgan fingerprint density at radius 3 is 2.17 bits per heavy atom. The first-order valence-corrected chi connectivity index (χ1v) is 9.96. The van der Waals surface area contributed by atoms with Crippen LogP contribution in [0.25, 0.3) is 0 Å². The molecule has 1 aliphatic rings. The van der Waals surface area contributed by atoms with E-state index in [1.807, 2.05) is 60.7 Å². The first-order chi connectivity index (χ1) is 14.2. The highest BCUT2D eigenvalue weighted by Gasteiger charge is 2.40. The van der Waals surface area contributed by atoms with Gasteiger partial charge in [-0.2, -0.15) is 0 Å². The molecule has 0 N–H and O–H groups in total. The fourth-order valence-corrected chi connectivity index (χ4v) is 3.46. The number of amides is 1. The van der Waals surface area contributed by atoms with Crippen LogP contribution in [0.4, 0.5) is 4.79 Å². The van der Waals surface area contributed by atoms with Crippen LogP contribution in [-0.4, -0.2) is 42.3 Å². The lowest BCUT2D eigenvalue weighted by molar-refractivity contribution is -0.145. The van der Waals surface area contributed by atoms with Gasteiger partial charge in [0.2, 0.25) is 0 Å². The van der Waals surface area contributed by atoms with Crippen molar-refractivity contribution >= 4 is 12.1 Å². The summed E-state index contributed by atoms with van der Waals surface area (Å²) in [5.74, 6) is -0.339. The standard InChI is InChI=1S/C23H27NO5/c1-2-27-22(25)15-20-21(28-16-18-9-5-3-6-10-18)13-14-24(20)23(26)29-17-19-11-7-4-8-12-19/h3-12,20-21H,2,13-17H2,1H3/t20-,21+/m1/s1. The van der Waals surface area contributed by atoms with Gasteiger partial charge in [0.15, 0.2) is 0 Å². The van der Waals surface area contributed by atoms with E-state index in [1.165, 1.54) is 0 Å². The van der Waals surface area contributed by atoms with E-state index < -0.39 is 12.1 Å². The van der Waals surface area contributed by atoms with Crippen LogP contribution in [0.15, 0.2) is 60.7 Å². The summed E-state index contributed by atoms with van der Waals surface area (Å²) in [7, 11) is 0. The number of hydrogen-bond donors (Lipinski definition) is 0. The zero-order valence-corrected chi connectivity index (χ0v) is 16.7. The molecule has 1 heterocycles. The van der Waals surface area contributed by atoms with Crippen molar-refractivity contribution in [2.75, 3.05) is 13.2 Å². The summed E-state index contributed by atoms with van der Waals surface area (Å²) < 4.78 is 16.6. The number of likely N-dealkylation sites (tertiary alicyclic amines) is 1. The second kappa shape index (κ2) is 10.6. The van der Waals surface area contributed by atoms with Crippen LogP contribution in [0, 0.1) is 0 Å². The third-order valence-corrected chi connectivity index (χ3v) is 4.91. The minimum atomic E-state index is -0.436. The van der Waals surface area contributed by atoms with Gasteiger partial charge in [-0.15, -0.1) is 0 Å². The fraction of sp³-hybridized carbons (Fsp3) is 0.391. The molecular weight excluding hydrogens is 370 g/mol. The third kappa shape index (κ3) is 6.06. The predicted molar refractivity (Wildman–Crippen MR) is 108 cm³/mol. The number of esters is 1. The molecule has 0 bridgehead atoms. The molecule has 6 heteroatoms. The normalized spacial score (nSPS) is 18.4.